The molecule has 2 aliphatic heterocycles. The maximum absolute atomic E-state index is 15.6. The van der Waals surface area contributed by atoms with Crippen molar-refractivity contribution in [3.05, 3.63) is 101 Å². The second kappa shape index (κ2) is 9.64. The number of para-hydroxylation sites is 2. The average Bonchev–Trinajstić information content (AvgIpc) is 3.24. The van der Waals surface area contributed by atoms with E-state index in [2.05, 4.69) is 4.90 Å². The first-order valence-corrected chi connectivity index (χ1v) is 13.4. The van der Waals surface area contributed by atoms with Gasteiger partial charge >= 0.3 is 0 Å². The molecule has 0 bridgehead atoms. The second-order valence-electron chi connectivity index (χ2n) is 8.80. The maximum Gasteiger partial charge on any atom is 0.284 e. The molecular formula is C26H27N4O4P. The number of anilines is 2. The number of rotatable bonds is 6. The summed E-state index contributed by atoms with van der Waals surface area (Å²) < 4.78 is 19.6. The Balaban J connectivity index is 1.68. The summed E-state index contributed by atoms with van der Waals surface area (Å²) in [5.41, 5.74) is 2.48. The Hall–Kier alpha value is -3.48. The van der Waals surface area contributed by atoms with E-state index in [-0.39, 0.29) is 11.5 Å². The third kappa shape index (κ3) is 4.35. The van der Waals surface area contributed by atoms with Gasteiger partial charge in [0.05, 0.1) is 4.92 Å². The van der Waals surface area contributed by atoms with Gasteiger partial charge in [-0.15, -0.1) is 0 Å². The monoisotopic (exact) mass is 490 g/mol. The first-order valence-electron chi connectivity index (χ1n) is 11.7. The molecule has 180 valence electrons. The van der Waals surface area contributed by atoms with Gasteiger partial charge < -0.3 is 9.34 Å². The van der Waals surface area contributed by atoms with Crippen LogP contribution in [0.15, 0.2) is 84.9 Å². The van der Waals surface area contributed by atoms with Gasteiger partial charge in [0, 0.05) is 62.5 Å². The number of Topliss-reactive ketones (excluding diaryl/α,β-unsaturated/α-hetero) is 1. The molecule has 5 rings (SSSR count). The number of ketones is 1. The maximum atomic E-state index is 15.6. The number of hydrogen-bond donors (Lipinski definition) is 0. The number of hydrogen-bond acceptors (Lipinski definition) is 5. The quantitative estimate of drug-likeness (QED) is 0.257. The number of nitrogens with zero attached hydrogens (tertiary/aromatic N) is 4. The third-order valence-electron chi connectivity index (χ3n) is 6.75. The molecule has 1 atom stereocenters. The van der Waals surface area contributed by atoms with E-state index in [1.165, 1.54) is 12.1 Å². The second-order valence-corrected chi connectivity index (χ2v) is 11.4. The highest BCUT2D eigenvalue weighted by Crippen LogP contribution is 2.70. The van der Waals surface area contributed by atoms with E-state index in [4.69, 9.17) is 0 Å². The minimum absolute atomic E-state index is 0.00847. The minimum atomic E-state index is -3.38. The summed E-state index contributed by atoms with van der Waals surface area (Å²) in [4.78, 5) is 25.1. The van der Waals surface area contributed by atoms with Crippen molar-refractivity contribution in [2.45, 2.75) is 18.6 Å². The Bertz CT molecular complexity index is 1190. The van der Waals surface area contributed by atoms with Crippen LogP contribution >= 0.6 is 7.44 Å². The van der Waals surface area contributed by atoms with Crippen molar-refractivity contribution in [1.82, 2.24) is 4.90 Å². The highest BCUT2D eigenvalue weighted by atomic mass is 31.2. The Morgan fingerprint density at radius 1 is 0.743 bits per heavy atom. The summed E-state index contributed by atoms with van der Waals surface area (Å²) in [6.07, 6.45) is 0.806. The first-order chi connectivity index (χ1) is 17.0. The predicted octanol–water partition coefficient (Wildman–Crippen LogP) is 5.48. The van der Waals surface area contributed by atoms with Crippen molar-refractivity contribution >= 4 is 30.3 Å². The van der Waals surface area contributed by atoms with Gasteiger partial charge in [-0.3, -0.25) is 24.4 Å². The van der Waals surface area contributed by atoms with E-state index < -0.39 is 18.1 Å². The van der Waals surface area contributed by atoms with Crippen molar-refractivity contribution in [3.8, 4) is 0 Å². The van der Waals surface area contributed by atoms with Crippen LogP contribution in [0.1, 0.15) is 24.2 Å². The van der Waals surface area contributed by atoms with Crippen LogP contribution in [0.25, 0.3) is 0 Å². The molecule has 2 heterocycles. The molecule has 2 fully saturated rings. The molecule has 3 aromatic carbocycles. The van der Waals surface area contributed by atoms with Crippen LogP contribution in [0.3, 0.4) is 0 Å². The van der Waals surface area contributed by atoms with Crippen molar-refractivity contribution < 1.29 is 14.3 Å². The number of likely N-dealkylation sites (tertiary alicyclic amines) is 1. The van der Waals surface area contributed by atoms with E-state index in [0.29, 0.717) is 39.0 Å². The number of piperidine rings is 1. The number of non-ortho nitro benzene ring substituents is 1. The summed E-state index contributed by atoms with van der Waals surface area (Å²) in [6, 6.07) is 25.8. The Morgan fingerprint density at radius 2 is 1.23 bits per heavy atom. The Kier molecular flexibility index (Phi) is 6.41. The van der Waals surface area contributed by atoms with Crippen LogP contribution in [0.5, 0.6) is 0 Å². The normalized spacial score (nSPS) is 19.0. The summed E-state index contributed by atoms with van der Waals surface area (Å²) in [5, 5.41) is 11.3. The van der Waals surface area contributed by atoms with Crippen LogP contribution in [0.4, 0.5) is 17.1 Å². The van der Waals surface area contributed by atoms with E-state index >= 15 is 4.57 Å². The lowest BCUT2D eigenvalue weighted by molar-refractivity contribution is -0.384. The third-order valence-corrected chi connectivity index (χ3v) is 10.3. The van der Waals surface area contributed by atoms with Crippen LogP contribution in [0, 0.1) is 10.1 Å². The zero-order valence-electron chi connectivity index (χ0n) is 19.3. The SMILES string of the molecule is O=C1CCN(C(c2ccc([N+](=O)[O-])cc2)P2(=O)N(c3ccccc3)CCN2c2ccccc2)CC1. The number of benzene rings is 3. The Labute approximate surface area is 204 Å². The molecule has 0 N–H and O–H groups in total. The Morgan fingerprint density at radius 3 is 1.69 bits per heavy atom. The molecule has 0 aliphatic carbocycles. The van der Waals surface area contributed by atoms with Crippen LogP contribution in [-0.4, -0.2) is 41.8 Å². The molecule has 0 spiro atoms. The first kappa shape index (κ1) is 23.3. The van der Waals surface area contributed by atoms with Crippen molar-refractivity contribution in [2.24, 2.45) is 0 Å². The molecule has 0 amide bonds. The van der Waals surface area contributed by atoms with E-state index in [1.807, 2.05) is 70.0 Å². The lowest BCUT2D eigenvalue weighted by atomic mass is 10.1. The van der Waals surface area contributed by atoms with Crippen LogP contribution in [-0.2, 0) is 9.36 Å². The molecule has 35 heavy (non-hydrogen) atoms. The largest absolute Gasteiger partial charge is 0.304 e. The average molecular weight is 491 g/mol. The van der Waals surface area contributed by atoms with Gasteiger partial charge in [-0.1, -0.05) is 48.5 Å². The molecular weight excluding hydrogens is 463 g/mol. The van der Waals surface area contributed by atoms with Gasteiger partial charge in [-0.25, -0.2) is 0 Å². The number of nitro groups is 1. The molecule has 8 nitrogen and oxygen atoms in total. The summed E-state index contributed by atoms with van der Waals surface area (Å²) in [5.74, 6) is -0.354. The van der Waals surface area contributed by atoms with Gasteiger partial charge in [0.1, 0.15) is 11.6 Å². The van der Waals surface area contributed by atoms with E-state index in [1.54, 1.807) is 12.1 Å². The fourth-order valence-electron chi connectivity index (χ4n) is 5.06. The van der Waals surface area contributed by atoms with Crippen molar-refractivity contribution in [3.63, 3.8) is 0 Å². The zero-order valence-corrected chi connectivity index (χ0v) is 20.2. The molecule has 0 radical (unpaired) electrons. The molecule has 0 saturated carbocycles. The van der Waals surface area contributed by atoms with E-state index in [9.17, 15) is 14.9 Å². The molecule has 2 aliphatic rings. The molecule has 1 unspecified atom stereocenters. The lowest BCUT2D eigenvalue weighted by Crippen LogP contribution is -2.40. The number of nitro benzene ring substituents is 1. The molecule has 2 saturated heterocycles. The number of carbonyl (C=O) groups is 1. The van der Waals surface area contributed by atoms with Gasteiger partial charge in [-0.05, 0) is 29.8 Å². The molecule has 3 aromatic rings. The lowest BCUT2D eigenvalue weighted by Gasteiger charge is -2.44. The fourth-order valence-corrected chi connectivity index (χ4v) is 8.75. The summed E-state index contributed by atoms with van der Waals surface area (Å²) in [7, 11) is -3.38. The highest BCUT2D eigenvalue weighted by Gasteiger charge is 2.52. The van der Waals surface area contributed by atoms with Gasteiger partial charge in [0.15, 0.2) is 0 Å². The minimum Gasteiger partial charge on any atom is -0.304 e. The van der Waals surface area contributed by atoms with Crippen LogP contribution < -0.4 is 9.34 Å². The fraction of sp³-hybridized carbons (Fsp3) is 0.269. The van der Waals surface area contributed by atoms with Gasteiger partial charge in [0.25, 0.3) is 13.1 Å². The van der Waals surface area contributed by atoms with Crippen molar-refractivity contribution in [2.75, 3.05) is 35.5 Å². The van der Waals surface area contributed by atoms with Crippen molar-refractivity contribution in [1.29, 1.82) is 0 Å². The van der Waals surface area contributed by atoms with E-state index in [0.717, 1.165) is 16.9 Å². The molecule has 9 heteroatoms. The van der Waals surface area contributed by atoms with Gasteiger partial charge in [-0.2, -0.15) is 0 Å². The highest BCUT2D eigenvalue weighted by molar-refractivity contribution is 7.67. The van der Waals surface area contributed by atoms with Crippen LogP contribution in [0.2, 0.25) is 0 Å². The molecule has 0 aromatic heterocycles. The topological polar surface area (TPSA) is 87.0 Å². The van der Waals surface area contributed by atoms with Gasteiger partial charge in [0.2, 0.25) is 0 Å². The standard InChI is InChI=1S/C26H27N4O4P/c31-25-15-17-27(18-16-25)26(21-11-13-24(14-12-21)30(32)33)35(34)28(22-7-3-1-4-8-22)19-20-29(35)23-9-5-2-6-10-23/h1-14,26H,15-20H2. The zero-order chi connectivity index (χ0) is 24.4. The summed E-state index contributed by atoms with van der Waals surface area (Å²) in [6.45, 7) is 2.14. The number of carbonyl (C=O) groups excluding carboxylic acids is 1. The predicted molar refractivity (Wildman–Crippen MR) is 137 cm³/mol. The smallest absolute Gasteiger partial charge is 0.284 e. The summed E-state index contributed by atoms with van der Waals surface area (Å²) >= 11 is 0.